The molecule has 0 bridgehead atoms. The number of aliphatic hydroxyl groups excluding tert-OH is 1. The largest absolute Gasteiger partial charge is 0.394 e. The fraction of sp³-hybridized carbons (Fsp3) is 0.600. The highest BCUT2D eigenvalue weighted by molar-refractivity contribution is 5.95. The molecule has 84 valence electrons. The minimum Gasteiger partial charge on any atom is -0.394 e. The maximum Gasteiger partial charge on any atom is 0.255 e. The highest BCUT2D eigenvalue weighted by Gasteiger charge is 2.15. The van der Waals surface area contributed by atoms with Crippen LogP contribution in [-0.4, -0.2) is 33.4 Å². The molecule has 5 heteroatoms. The first-order valence-electron chi connectivity index (χ1n) is 5.00. The molecule has 0 aromatic carbocycles. The zero-order chi connectivity index (χ0) is 11.4. The number of carbonyl (C=O) groups excluding carboxylic acids is 1. The predicted octanol–water partition coefficient (Wildman–Crippen LogP) is 0.229. The molecule has 1 heterocycles. The first-order valence-corrected chi connectivity index (χ1v) is 5.00. The molecule has 0 fully saturated rings. The van der Waals surface area contributed by atoms with Gasteiger partial charge in [0.25, 0.3) is 5.91 Å². The Kier molecular flexibility index (Phi) is 3.85. The van der Waals surface area contributed by atoms with Gasteiger partial charge in [0.2, 0.25) is 0 Å². The summed E-state index contributed by atoms with van der Waals surface area (Å²) < 4.78 is 1.60. The van der Waals surface area contributed by atoms with E-state index < -0.39 is 0 Å². The number of nitrogens with one attached hydrogen (secondary N) is 1. The van der Waals surface area contributed by atoms with Gasteiger partial charge in [-0.3, -0.25) is 9.48 Å². The Hall–Kier alpha value is -1.36. The Morgan fingerprint density at radius 3 is 2.80 bits per heavy atom. The molecule has 15 heavy (non-hydrogen) atoms. The number of hydrogen-bond donors (Lipinski definition) is 2. The number of amides is 1. The fourth-order valence-electron chi connectivity index (χ4n) is 1.36. The highest BCUT2D eigenvalue weighted by atomic mass is 16.3. The van der Waals surface area contributed by atoms with Crippen molar-refractivity contribution in [3.63, 3.8) is 0 Å². The minimum atomic E-state index is -0.183. The molecule has 0 saturated carbocycles. The Morgan fingerprint density at radius 1 is 1.73 bits per heavy atom. The molecule has 1 atom stereocenters. The molecule has 0 spiro atoms. The lowest BCUT2D eigenvalue weighted by Gasteiger charge is -2.13. The molecule has 1 rings (SSSR count). The van der Waals surface area contributed by atoms with Crippen molar-refractivity contribution in [2.75, 3.05) is 6.61 Å². The van der Waals surface area contributed by atoms with Crippen LogP contribution in [0.5, 0.6) is 0 Å². The van der Waals surface area contributed by atoms with E-state index in [-0.39, 0.29) is 18.6 Å². The zero-order valence-electron chi connectivity index (χ0n) is 9.32. The average Bonchev–Trinajstić information content (AvgIpc) is 2.54. The molecule has 0 aliphatic heterocycles. The van der Waals surface area contributed by atoms with E-state index in [0.29, 0.717) is 17.7 Å². The van der Waals surface area contributed by atoms with Crippen molar-refractivity contribution in [3.05, 3.63) is 17.5 Å². The minimum absolute atomic E-state index is 0.0401. The topological polar surface area (TPSA) is 67.2 Å². The van der Waals surface area contributed by atoms with Crippen molar-refractivity contribution >= 4 is 5.91 Å². The van der Waals surface area contributed by atoms with E-state index in [1.165, 1.54) is 0 Å². The lowest BCUT2D eigenvalue weighted by molar-refractivity contribution is 0.0914. The van der Waals surface area contributed by atoms with E-state index >= 15 is 0 Å². The van der Waals surface area contributed by atoms with E-state index in [2.05, 4.69) is 10.4 Å². The second kappa shape index (κ2) is 4.93. The molecule has 0 saturated heterocycles. The van der Waals surface area contributed by atoms with E-state index in [0.717, 1.165) is 0 Å². The van der Waals surface area contributed by atoms with Gasteiger partial charge in [0.05, 0.1) is 23.9 Å². The molecule has 0 radical (unpaired) electrons. The van der Waals surface area contributed by atoms with Crippen LogP contribution in [0.25, 0.3) is 0 Å². The van der Waals surface area contributed by atoms with Gasteiger partial charge in [-0.2, -0.15) is 5.10 Å². The summed E-state index contributed by atoms with van der Waals surface area (Å²) in [5.74, 6) is -0.179. The highest BCUT2D eigenvalue weighted by Crippen LogP contribution is 2.05. The van der Waals surface area contributed by atoms with Crippen LogP contribution >= 0.6 is 0 Å². The molecule has 1 unspecified atom stereocenters. The standard InChI is InChI=1S/C10H17N3O2/c1-4-8(6-14)11-10(15)9-5-13(3)12-7(9)2/h5,8,14H,4,6H2,1-3H3,(H,11,15). The smallest absolute Gasteiger partial charge is 0.255 e. The summed E-state index contributed by atoms with van der Waals surface area (Å²) in [7, 11) is 1.77. The molecule has 1 aromatic heterocycles. The summed E-state index contributed by atoms with van der Waals surface area (Å²) in [6.07, 6.45) is 2.39. The third-order valence-corrected chi connectivity index (χ3v) is 2.31. The van der Waals surface area contributed by atoms with Gasteiger partial charge in [-0.15, -0.1) is 0 Å². The van der Waals surface area contributed by atoms with Crippen molar-refractivity contribution in [2.24, 2.45) is 7.05 Å². The number of aromatic nitrogens is 2. The van der Waals surface area contributed by atoms with Gasteiger partial charge in [-0.1, -0.05) is 6.92 Å². The molecule has 5 nitrogen and oxygen atoms in total. The first-order chi connectivity index (χ1) is 7.08. The second-order valence-electron chi connectivity index (χ2n) is 3.56. The van der Waals surface area contributed by atoms with Crippen molar-refractivity contribution < 1.29 is 9.90 Å². The summed E-state index contributed by atoms with van der Waals surface area (Å²) in [6.45, 7) is 3.66. The summed E-state index contributed by atoms with van der Waals surface area (Å²) in [5.41, 5.74) is 1.26. The van der Waals surface area contributed by atoms with Crippen molar-refractivity contribution in [3.8, 4) is 0 Å². The van der Waals surface area contributed by atoms with Crippen molar-refractivity contribution in [2.45, 2.75) is 26.3 Å². The number of nitrogens with zero attached hydrogens (tertiary/aromatic N) is 2. The van der Waals surface area contributed by atoms with E-state index in [1.54, 1.807) is 24.9 Å². The molecule has 2 N–H and O–H groups in total. The maximum atomic E-state index is 11.7. The molecule has 1 aromatic rings. The Morgan fingerprint density at radius 2 is 2.40 bits per heavy atom. The summed E-state index contributed by atoms with van der Waals surface area (Å²) in [5, 5.41) is 15.8. The van der Waals surface area contributed by atoms with E-state index in [9.17, 15) is 4.79 Å². The van der Waals surface area contributed by atoms with E-state index in [4.69, 9.17) is 5.11 Å². The lowest BCUT2D eigenvalue weighted by atomic mass is 10.2. The summed E-state index contributed by atoms with van der Waals surface area (Å²) in [4.78, 5) is 11.7. The SMILES string of the molecule is CCC(CO)NC(=O)c1cn(C)nc1C. The molecular formula is C10H17N3O2. The van der Waals surface area contributed by atoms with Crippen LogP contribution in [0.1, 0.15) is 29.4 Å². The van der Waals surface area contributed by atoms with Gasteiger partial charge in [0.15, 0.2) is 0 Å². The number of rotatable bonds is 4. The van der Waals surface area contributed by atoms with Crippen molar-refractivity contribution in [1.82, 2.24) is 15.1 Å². The predicted molar refractivity (Wildman–Crippen MR) is 56.6 cm³/mol. The van der Waals surface area contributed by atoms with Gasteiger partial charge in [0, 0.05) is 13.2 Å². The molecular weight excluding hydrogens is 194 g/mol. The van der Waals surface area contributed by atoms with Crippen LogP contribution in [0.2, 0.25) is 0 Å². The van der Waals surface area contributed by atoms with Gasteiger partial charge >= 0.3 is 0 Å². The van der Waals surface area contributed by atoms with Crippen LogP contribution in [0.3, 0.4) is 0 Å². The number of aryl methyl sites for hydroxylation is 2. The molecule has 0 aliphatic carbocycles. The van der Waals surface area contributed by atoms with E-state index in [1.807, 2.05) is 6.92 Å². The third kappa shape index (κ3) is 2.79. The Labute approximate surface area is 89.1 Å². The Bertz CT molecular complexity index is 342. The van der Waals surface area contributed by atoms with Gasteiger partial charge in [0.1, 0.15) is 0 Å². The summed E-state index contributed by atoms with van der Waals surface area (Å²) >= 11 is 0. The van der Waals surface area contributed by atoms with Gasteiger partial charge in [-0.05, 0) is 13.3 Å². The van der Waals surface area contributed by atoms with Gasteiger partial charge in [-0.25, -0.2) is 0 Å². The second-order valence-corrected chi connectivity index (χ2v) is 3.56. The normalized spacial score (nSPS) is 12.5. The fourth-order valence-corrected chi connectivity index (χ4v) is 1.36. The van der Waals surface area contributed by atoms with Crippen LogP contribution < -0.4 is 5.32 Å². The molecule has 0 aliphatic rings. The number of carbonyl (C=O) groups is 1. The van der Waals surface area contributed by atoms with Crippen molar-refractivity contribution in [1.29, 1.82) is 0 Å². The Balaban J connectivity index is 2.72. The zero-order valence-corrected chi connectivity index (χ0v) is 9.32. The first kappa shape index (κ1) is 11.7. The maximum absolute atomic E-state index is 11.7. The third-order valence-electron chi connectivity index (χ3n) is 2.31. The van der Waals surface area contributed by atoms with Crippen LogP contribution in [-0.2, 0) is 7.05 Å². The van der Waals surface area contributed by atoms with Gasteiger partial charge < -0.3 is 10.4 Å². The lowest BCUT2D eigenvalue weighted by Crippen LogP contribution is -2.37. The molecule has 1 amide bonds. The monoisotopic (exact) mass is 211 g/mol. The van der Waals surface area contributed by atoms with Crippen LogP contribution in [0.4, 0.5) is 0 Å². The number of hydrogen-bond acceptors (Lipinski definition) is 3. The van der Waals surface area contributed by atoms with Crippen LogP contribution in [0.15, 0.2) is 6.20 Å². The quantitative estimate of drug-likeness (QED) is 0.749. The summed E-state index contributed by atoms with van der Waals surface area (Å²) in [6, 6.07) is -0.183. The van der Waals surface area contributed by atoms with Crippen LogP contribution in [0, 0.1) is 6.92 Å². The average molecular weight is 211 g/mol. The number of aliphatic hydroxyl groups is 1.